The third kappa shape index (κ3) is 3.16. The van der Waals surface area contributed by atoms with Gasteiger partial charge in [0.05, 0.1) is 12.8 Å². The van der Waals surface area contributed by atoms with Crippen LogP contribution in [0.15, 0.2) is 29.3 Å². The van der Waals surface area contributed by atoms with E-state index in [0.717, 1.165) is 28.9 Å². The summed E-state index contributed by atoms with van der Waals surface area (Å²) in [6, 6.07) is 7.90. The van der Waals surface area contributed by atoms with Crippen molar-refractivity contribution in [3.05, 3.63) is 24.3 Å². The second-order valence-corrected chi connectivity index (χ2v) is 5.86. The zero-order valence-corrected chi connectivity index (χ0v) is 11.3. The van der Waals surface area contributed by atoms with Crippen molar-refractivity contribution >= 4 is 22.6 Å². The van der Waals surface area contributed by atoms with Crippen molar-refractivity contribution < 1.29 is 4.74 Å². The first kappa shape index (κ1) is 12.3. The number of hydrogen-bond acceptors (Lipinski definition) is 4. The molecule has 0 spiro atoms. The van der Waals surface area contributed by atoms with Crippen molar-refractivity contribution in [2.45, 2.75) is 13.8 Å². The molecule has 1 aromatic carbocycles. The van der Waals surface area contributed by atoms with Crippen LogP contribution in [0.4, 0.5) is 5.69 Å². The van der Waals surface area contributed by atoms with Crippen LogP contribution in [-0.4, -0.2) is 24.6 Å². The van der Waals surface area contributed by atoms with Crippen LogP contribution in [0, 0.1) is 5.41 Å². The molecule has 0 amide bonds. The molecule has 4 heteroatoms. The normalized spacial score (nSPS) is 18.4. The van der Waals surface area contributed by atoms with Gasteiger partial charge in [0.2, 0.25) is 0 Å². The number of rotatable bonds is 2. The van der Waals surface area contributed by atoms with E-state index in [9.17, 15) is 0 Å². The van der Waals surface area contributed by atoms with Gasteiger partial charge in [0.1, 0.15) is 5.75 Å². The number of anilines is 1. The molecule has 1 aromatic rings. The van der Waals surface area contributed by atoms with Gasteiger partial charge in [-0.15, -0.1) is 0 Å². The lowest BCUT2D eigenvalue weighted by Gasteiger charge is -2.27. The van der Waals surface area contributed by atoms with Gasteiger partial charge in [0.15, 0.2) is 5.17 Å². The number of thioether (sulfide) groups is 1. The monoisotopic (exact) mass is 250 g/mol. The number of ether oxygens (including phenoxy) is 1. The van der Waals surface area contributed by atoms with Crippen LogP contribution >= 0.6 is 11.8 Å². The zero-order valence-electron chi connectivity index (χ0n) is 10.5. The predicted octanol–water partition coefficient (Wildman–Crippen LogP) is 3.24. The highest BCUT2D eigenvalue weighted by Crippen LogP contribution is 2.30. The van der Waals surface area contributed by atoms with E-state index < -0.39 is 0 Å². The van der Waals surface area contributed by atoms with E-state index in [0.29, 0.717) is 5.41 Å². The summed E-state index contributed by atoms with van der Waals surface area (Å²) in [4.78, 5) is 4.57. The molecule has 0 fully saturated rings. The minimum absolute atomic E-state index is 0.302. The highest BCUT2D eigenvalue weighted by atomic mass is 32.2. The molecule has 0 radical (unpaired) electrons. The second-order valence-electron chi connectivity index (χ2n) is 4.90. The number of benzene rings is 1. The summed E-state index contributed by atoms with van der Waals surface area (Å²) in [5.74, 6) is 1.94. The summed E-state index contributed by atoms with van der Waals surface area (Å²) in [7, 11) is 1.68. The molecule has 3 nitrogen and oxygen atoms in total. The SMILES string of the molecule is COc1ccccc1NC1=NCC(C)(C)CS1. The van der Waals surface area contributed by atoms with Gasteiger partial charge in [-0.1, -0.05) is 37.7 Å². The number of nitrogens with one attached hydrogen (secondary N) is 1. The lowest BCUT2D eigenvalue weighted by Crippen LogP contribution is -2.27. The van der Waals surface area contributed by atoms with E-state index in [2.05, 4.69) is 24.2 Å². The molecule has 0 saturated carbocycles. The fourth-order valence-electron chi connectivity index (χ4n) is 1.58. The van der Waals surface area contributed by atoms with Crippen LogP contribution < -0.4 is 10.1 Å². The Kier molecular flexibility index (Phi) is 3.62. The molecule has 1 heterocycles. The van der Waals surface area contributed by atoms with Crippen molar-refractivity contribution in [3.8, 4) is 5.75 Å². The van der Waals surface area contributed by atoms with Crippen LogP contribution in [0.5, 0.6) is 5.75 Å². The van der Waals surface area contributed by atoms with Crippen molar-refractivity contribution in [1.82, 2.24) is 0 Å². The Labute approximate surface area is 107 Å². The van der Waals surface area contributed by atoms with E-state index in [1.54, 1.807) is 18.9 Å². The van der Waals surface area contributed by atoms with E-state index in [1.165, 1.54) is 0 Å². The summed E-state index contributed by atoms with van der Waals surface area (Å²) in [6.45, 7) is 5.35. The van der Waals surface area contributed by atoms with Crippen molar-refractivity contribution in [2.24, 2.45) is 10.4 Å². The number of methoxy groups -OCH3 is 1. The molecule has 92 valence electrons. The average molecular weight is 250 g/mol. The number of amidine groups is 1. The number of aliphatic imine (C=N–C) groups is 1. The maximum Gasteiger partial charge on any atom is 0.161 e. The Balaban J connectivity index is 2.09. The highest BCUT2D eigenvalue weighted by Gasteiger charge is 2.23. The first-order valence-corrected chi connectivity index (χ1v) is 6.67. The van der Waals surface area contributed by atoms with Crippen molar-refractivity contribution in [3.63, 3.8) is 0 Å². The topological polar surface area (TPSA) is 33.6 Å². The molecule has 17 heavy (non-hydrogen) atoms. The van der Waals surface area contributed by atoms with Crippen LogP contribution in [0.2, 0.25) is 0 Å². The van der Waals surface area contributed by atoms with Gasteiger partial charge < -0.3 is 10.1 Å². The molecule has 0 saturated heterocycles. The third-order valence-electron chi connectivity index (χ3n) is 2.60. The van der Waals surface area contributed by atoms with Crippen LogP contribution in [0.3, 0.4) is 0 Å². The maximum atomic E-state index is 5.30. The minimum atomic E-state index is 0.302. The van der Waals surface area contributed by atoms with Crippen LogP contribution in [0.1, 0.15) is 13.8 Å². The Morgan fingerprint density at radius 3 is 2.76 bits per heavy atom. The second kappa shape index (κ2) is 5.00. The Morgan fingerprint density at radius 2 is 2.12 bits per heavy atom. The summed E-state index contributed by atoms with van der Waals surface area (Å²) >= 11 is 1.77. The molecule has 0 unspecified atom stereocenters. The molecule has 1 N–H and O–H groups in total. The van der Waals surface area contributed by atoms with E-state index in [-0.39, 0.29) is 0 Å². The number of nitrogens with zero attached hydrogens (tertiary/aromatic N) is 1. The Bertz CT molecular complexity index is 429. The molecular formula is C13H18N2OS. The van der Waals surface area contributed by atoms with E-state index in [1.807, 2.05) is 24.3 Å². The average Bonchev–Trinajstić information content (AvgIpc) is 2.32. The highest BCUT2D eigenvalue weighted by molar-refractivity contribution is 8.14. The molecular weight excluding hydrogens is 232 g/mol. The Hall–Kier alpha value is -1.16. The number of hydrogen-bond donors (Lipinski definition) is 1. The first-order chi connectivity index (χ1) is 8.11. The molecule has 0 aliphatic carbocycles. The molecule has 1 aliphatic rings. The molecule has 0 atom stereocenters. The molecule has 0 aromatic heterocycles. The standard InChI is InChI=1S/C13H18N2OS/c1-13(2)8-14-12(17-9-13)15-10-6-4-5-7-11(10)16-3/h4-7H,8-9H2,1-3H3,(H,14,15). The van der Waals surface area contributed by atoms with E-state index >= 15 is 0 Å². The van der Waals surface area contributed by atoms with Gasteiger partial charge in [-0.05, 0) is 17.5 Å². The minimum Gasteiger partial charge on any atom is -0.495 e. The Morgan fingerprint density at radius 1 is 1.35 bits per heavy atom. The fraction of sp³-hybridized carbons (Fsp3) is 0.462. The van der Waals surface area contributed by atoms with Gasteiger partial charge >= 0.3 is 0 Å². The quantitative estimate of drug-likeness (QED) is 0.875. The van der Waals surface area contributed by atoms with Gasteiger partial charge in [0, 0.05) is 12.3 Å². The first-order valence-electron chi connectivity index (χ1n) is 5.68. The molecule has 0 bridgehead atoms. The van der Waals surface area contributed by atoms with Crippen molar-refractivity contribution in [2.75, 3.05) is 24.7 Å². The van der Waals surface area contributed by atoms with Crippen LogP contribution in [-0.2, 0) is 0 Å². The number of para-hydroxylation sites is 2. The largest absolute Gasteiger partial charge is 0.495 e. The summed E-state index contributed by atoms with van der Waals surface area (Å²) in [6.07, 6.45) is 0. The van der Waals surface area contributed by atoms with Gasteiger partial charge in [-0.3, -0.25) is 4.99 Å². The third-order valence-corrected chi connectivity index (χ3v) is 4.03. The molecule has 2 rings (SSSR count). The van der Waals surface area contributed by atoms with Gasteiger partial charge in [0.25, 0.3) is 0 Å². The van der Waals surface area contributed by atoms with E-state index in [4.69, 9.17) is 4.74 Å². The fourth-order valence-corrected chi connectivity index (χ4v) is 2.54. The summed E-state index contributed by atoms with van der Waals surface area (Å²) in [5, 5.41) is 4.31. The summed E-state index contributed by atoms with van der Waals surface area (Å²) in [5.41, 5.74) is 1.28. The zero-order chi connectivity index (χ0) is 12.3. The van der Waals surface area contributed by atoms with Crippen LogP contribution in [0.25, 0.3) is 0 Å². The summed E-state index contributed by atoms with van der Waals surface area (Å²) < 4.78 is 5.30. The van der Waals surface area contributed by atoms with Gasteiger partial charge in [-0.2, -0.15) is 0 Å². The smallest absolute Gasteiger partial charge is 0.161 e. The predicted molar refractivity (Wildman–Crippen MR) is 75.2 cm³/mol. The lowest BCUT2D eigenvalue weighted by atomic mass is 9.97. The van der Waals surface area contributed by atoms with Gasteiger partial charge in [-0.25, -0.2) is 0 Å². The lowest BCUT2D eigenvalue weighted by molar-refractivity contribution is 0.417. The maximum absolute atomic E-state index is 5.30. The molecule has 1 aliphatic heterocycles. The van der Waals surface area contributed by atoms with Crippen molar-refractivity contribution in [1.29, 1.82) is 0 Å².